The third-order valence-corrected chi connectivity index (χ3v) is 2.97. The molecular formula is C14H17N3O. The SMILES string of the molecule is Cc1nc(Cc2ccc(O)cc2)nc(C)c1CN. The lowest BCUT2D eigenvalue weighted by molar-refractivity contribution is 0.475. The first kappa shape index (κ1) is 12.5. The first-order valence-corrected chi connectivity index (χ1v) is 5.91. The van der Waals surface area contributed by atoms with Gasteiger partial charge in [0.05, 0.1) is 0 Å². The van der Waals surface area contributed by atoms with Crippen molar-refractivity contribution in [3.8, 4) is 5.75 Å². The van der Waals surface area contributed by atoms with Crippen LogP contribution in [0.5, 0.6) is 5.75 Å². The molecule has 0 fully saturated rings. The van der Waals surface area contributed by atoms with Crippen LogP contribution in [0, 0.1) is 13.8 Å². The summed E-state index contributed by atoms with van der Waals surface area (Å²) in [7, 11) is 0. The molecule has 1 aromatic heterocycles. The van der Waals surface area contributed by atoms with Gasteiger partial charge >= 0.3 is 0 Å². The molecule has 1 aromatic carbocycles. The summed E-state index contributed by atoms with van der Waals surface area (Å²) in [6.07, 6.45) is 0.660. The molecule has 0 atom stereocenters. The summed E-state index contributed by atoms with van der Waals surface area (Å²) in [5.74, 6) is 1.05. The summed E-state index contributed by atoms with van der Waals surface area (Å²) in [5, 5.41) is 9.23. The van der Waals surface area contributed by atoms with E-state index in [1.54, 1.807) is 12.1 Å². The van der Waals surface area contributed by atoms with Crippen molar-refractivity contribution in [1.82, 2.24) is 9.97 Å². The average molecular weight is 243 g/mol. The number of aromatic hydroxyl groups is 1. The number of hydrogen-bond acceptors (Lipinski definition) is 4. The normalized spacial score (nSPS) is 10.6. The molecule has 4 nitrogen and oxygen atoms in total. The number of aryl methyl sites for hydroxylation is 2. The fourth-order valence-electron chi connectivity index (χ4n) is 1.98. The second-order valence-electron chi connectivity index (χ2n) is 4.34. The van der Waals surface area contributed by atoms with Gasteiger partial charge in [-0.1, -0.05) is 12.1 Å². The van der Waals surface area contributed by atoms with Gasteiger partial charge in [0.1, 0.15) is 11.6 Å². The number of hydrogen-bond donors (Lipinski definition) is 2. The van der Waals surface area contributed by atoms with Crippen molar-refractivity contribution in [2.24, 2.45) is 5.73 Å². The van der Waals surface area contributed by atoms with Gasteiger partial charge in [0.2, 0.25) is 0 Å². The van der Waals surface area contributed by atoms with Crippen molar-refractivity contribution in [2.45, 2.75) is 26.8 Å². The molecule has 0 unspecified atom stereocenters. The lowest BCUT2D eigenvalue weighted by Gasteiger charge is -2.09. The summed E-state index contributed by atoms with van der Waals surface area (Å²) in [5.41, 5.74) is 9.64. The van der Waals surface area contributed by atoms with Crippen molar-refractivity contribution in [3.05, 3.63) is 52.6 Å². The smallest absolute Gasteiger partial charge is 0.133 e. The number of aromatic nitrogens is 2. The third-order valence-electron chi connectivity index (χ3n) is 2.97. The molecule has 0 aliphatic heterocycles. The van der Waals surface area contributed by atoms with E-state index < -0.39 is 0 Å². The van der Waals surface area contributed by atoms with E-state index in [0.717, 1.165) is 28.3 Å². The fourth-order valence-corrected chi connectivity index (χ4v) is 1.98. The summed E-state index contributed by atoms with van der Waals surface area (Å²) < 4.78 is 0. The Morgan fingerprint density at radius 3 is 2.11 bits per heavy atom. The van der Waals surface area contributed by atoms with E-state index in [0.29, 0.717) is 13.0 Å². The zero-order valence-electron chi connectivity index (χ0n) is 10.6. The molecule has 0 aliphatic carbocycles. The van der Waals surface area contributed by atoms with Crippen molar-refractivity contribution in [2.75, 3.05) is 0 Å². The molecule has 0 radical (unpaired) electrons. The number of phenols is 1. The largest absolute Gasteiger partial charge is 0.508 e. The minimum absolute atomic E-state index is 0.269. The topological polar surface area (TPSA) is 72.0 Å². The summed E-state index contributed by atoms with van der Waals surface area (Å²) >= 11 is 0. The predicted octanol–water partition coefficient (Wildman–Crippen LogP) is 1.85. The number of nitrogens with two attached hydrogens (primary N) is 1. The zero-order chi connectivity index (χ0) is 13.1. The van der Waals surface area contributed by atoms with Gasteiger partial charge in [-0.15, -0.1) is 0 Å². The Kier molecular flexibility index (Phi) is 3.58. The maximum absolute atomic E-state index is 9.23. The highest BCUT2D eigenvalue weighted by molar-refractivity contribution is 5.29. The van der Waals surface area contributed by atoms with Crippen molar-refractivity contribution < 1.29 is 5.11 Å². The van der Waals surface area contributed by atoms with E-state index >= 15 is 0 Å². The first-order valence-electron chi connectivity index (χ1n) is 5.91. The van der Waals surface area contributed by atoms with Crippen LogP contribution in [0.25, 0.3) is 0 Å². The fraction of sp³-hybridized carbons (Fsp3) is 0.286. The van der Waals surface area contributed by atoms with Gasteiger partial charge in [-0.2, -0.15) is 0 Å². The van der Waals surface area contributed by atoms with Crippen molar-refractivity contribution in [1.29, 1.82) is 0 Å². The summed E-state index contributed by atoms with van der Waals surface area (Å²) in [6.45, 7) is 4.38. The standard InChI is InChI=1S/C14H17N3O/c1-9-13(8-15)10(2)17-14(16-9)7-11-3-5-12(18)6-4-11/h3-6,18H,7-8,15H2,1-2H3. The molecule has 0 aliphatic rings. The quantitative estimate of drug-likeness (QED) is 0.863. The van der Waals surface area contributed by atoms with Crippen LogP contribution in [0.15, 0.2) is 24.3 Å². The monoisotopic (exact) mass is 243 g/mol. The van der Waals surface area contributed by atoms with Gasteiger partial charge < -0.3 is 10.8 Å². The second-order valence-corrected chi connectivity index (χ2v) is 4.34. The Hall–Kier alpha value is -1.94. The van der Waals surface area contributed by atoms with E-state index in [4.69, 9.17) is 5.73 Å². The highest BCUT2D eigenvalue weighted by atomic mass is 16.3. The van der Waals surface area contributed by atoms with Gasteiger partial charge in [0, 0.05) is 29.9 Å². The van der Waals surface area contributed by atoms with E-state index in [1.165, 1.54) is 0 Å². The maximum atomic E-state index is 9.23. The Bertz CT molecular complexity index is 526. The van der Waals surface area contributed by atoms with Gasteiger partial charge in [0.15, 0.2) is 0 Å². The highest BCUT2D eigenvalue weighted by Gasteiger charge is 2.07. The zero-order valence-corrected chi connectivity index (χ0v) is 10.6. The van der Waals surface area contributed by atoms with Crippen LogP contribution in [-0.4, -0.2) is 15.1 Å². The third kappa shape index (κ3) is 2.65. The van der Waals surface area contributed by atoms with Crippen molar-refractivity contribution >= 4 is 0 Å². The molecule has 2 rings (SSSR count). The van der Waals surface area contributed by atoms with Crippen LogP contribution in [0.1, 0.15) is 28.3 Å². The lowest BCUT2D eigenvalue weighted by Crippen LogP contribution is -2.09. The molecule has 1 heterocycles. The summed E-state index contributed by atoms with van der Waals surface area (Å²) in [4.78, 5) is 8.94. The van der Waals surface area contributed by atoms with Gasteiger partial charge in [-0.25, -0.2) is 9.97 Å². The Balaban J connectivity index is 2.27. The number of nitrogens with zero attached hydrogens (tertiary/aromatic N) is 2. The second kappa shape index (κ2) is 5.14. The van der Waals surface area contributed by atoms with E-state index in [-0.39, 0.29) is 5.75 Å². The Labute approximate surface area is 107 Å². The van der Waals surface area contributed by atoms with Crippen LogP contribution >= 0.6 is 0 Å². The number of benzene rings is 1. The van der Waals surface area contributed by atoms with Crippen LogP contribution in [0.4, 0.5) is 0 Å². The van der Waals surface area contributed by atoms with E-state index in [9.17, 15) is 5.11 Å². The number of phenolic OH excluding ortho intramolecular Hbond substituents is 1. The van der Waals surface area contributed by atoms with Crippen molar-refractivity contribution in [3.63, 3.8) is 0 Å². The molecule has 2 aromatic rings. The molecule has 94 valence electrons. The molecule has 0 saturated heterocycles. The first-order chi connectivity index (χ1) is 8.60. The molecule has 0 spiro atoms. The van der Waals surface area contributed by atoms with Crippen LogP contribution in [0.2, 0.25) is 0 Å². The van der Waals surface area contributed by atoms with Crippen LogP contribution in [0.3, 0.4) is 0 Å². The highest BCUT2D eigenvalue weighted by Crippen LogP contribution is 2.14. The molecule has 4 heteroatoms. The Morgan fingerprint density at radius 1 is 1.06 bits per heavy atom. The van der Waals surface area contributed by atoms with Gasteiger partial charge in [-0.3, -0.25) is 0 Å². The number of rotatable bonds is 3. The van der Waals surface area contributed by atoms with E-state index in [2.05, 4.69) is 9.97 Å². The van der Waals surface area contributed by atoms with Gasteiger partial charge in [-0.05, 0) is 31.5 Å². The van der Waals surface area contributed by atoms with E-state index in [1.807, 2.05) is 26.0 Å². The Morgan fingerprint density at radius 2 is 1.61 bits per heavy atom. The van der Waals surface area contributed by atoms with Gasteiger partial charge in [0.25, 0.3) is 0 Å². The predicted molar refractivity (Wildman–Crippen MR) is 70.3 cm³/mol. The summed E-state index contributed by atoms with van der Waals surface area (Å²) in [6, 6.07) is 7.09. The average Bonchev–Trinajstić information content (AvgIpc) is 2.32. The molecular weight excluding hydrogens is 226 g/mol. The maximum Gasteiger partial charge on any atom is 0.133 e. The lowest BCUT2D eigenvalue weighted by atomic mass is 10.1. The molecule has 0 saturated carbocycles. The molecule has 3 N–H and O–H groups in total. The van der Waals surface area contributed by atoms with Crippen LogP contribution in [-0.2, 0) is 13.0 Å². The molecule has 0 amide bonds. The van der Waals surface area contributed by atoms with Crippen LogP contribution < -0.4 is 5.73 Å². The minimum atomic E-state index is 0.269. The molecule has 18 heavy (non-hydrogen) atoms. The molecule has 0 bridgehead atoms. The minimum Gasteiger partial charge on any atom is -0.508 e.